The fraction of sp³-hybridized carbons (Fsp3) is 0.0417. The molecule has 0 aliphatic rings. The average Bonchev–Trinajstić information content (AvgIpc) is 2.78. The lowest BCUT2D eigenvalue weighted by molar-refractivity contribution is 0.409. The summed E-state index contributed by atoms with van der Waals surface area (Å²) >= 11 is 0. The largest absolute Gasteiger partial charge is 0.491 e. The summed E-state index contributed by atoms with van der Waals surface area (Å²) in [6.07, 6.45) is 1.79. The number of ether oxygens (including phenoxy) is 1. The third-order valence-corrected chi connectivity index (χ3v) is 4.98. The normalized spacial score (nSPS) is 11.1. The van der Waals surface area contributed by atoms with Gasteiger partial charge in [-0.3, -0.25) is 9.78 Å². The van der Waals surface area contributed by atoms with Crippen LogP contribution in [0.15, 0.2) is 83.8 Å². The maximum absolute atomic E-state index is 12.2. The minimum atomic E-state index is -0.295. The van der Waals surface area contributed by atoms with Crippen LogP contribution in [0.5, 0.6) is 5.75 Å². The lowest BCUT2D eigenvalue weighted by atomic mass is 9.97. The van der Waals surface area contributed by atoms with Crippen LogP contribution in [-0.2, 0) is 0 Å². The molecule has 0 aliphatic heterocycles. The van der Waals surface area contributed by atoms with E-state index >= 15 is 0 Å². The minimum Gasteiger partial charge on any atom is -0.491 e. The standard InChI is InChI=1S/C24H17N3O2/c1-29-21-14-18-13-19(16-9-10-20-17(12-16)8-5-11-25-20)22(15-6-3-2-4-7-15)26-23(18)27-24(21)28/h2-14H,1H3,(H,26,27,28). The van der Waals surface area contributed by atoms with Gasteiger partial charge in [-0.2, -0.15) is 0 Å². The van der Waals surface area contributed by atoms with Gasteiger partial charge in [-0.25, -0.2) is 4.98 Å². The molecular formula is C24H17N3O2. The van der Waals surface area contributed by atoms with Gasteiger partial charge in [0, 0.05) is 28.1 Å². The fourth-order valence-corrected chi connectivity index (χ4v) is 3.55. The van der Waals surface area contributed by atoms with E-state index in [2.05, 4.69) is 16.0 Å². The second kappa shape index (κ2) is 6.87. The van der Waals surface area contributed by atoms with Crippen LogP contribution in [0.4, 0.5) is 0 Å². The van der Waals surface area contributed by atoms with E-state index in [1.54, 1.807) is 12.3 Å². The van der Waals surface area contributed by atoms with Crippen LogP contribution in [0.1, 0.15) is 0 Å². The van der Waals surface area contributed by atoms with E-state index in [0.29, 0.717) is 5.65 Å². The molecular weight excluding hydrogens is 362 g/mol. The molecule has 0 fully saturated rings. The fourth-order valence-electron chi connectivity index (χ4n) is 3.55. The van der Waals surface area contributed by atoms with Crippen molar-refractivity contribution in [3.63, 3.8) is 0 Å². The molecule has 0 unspecified atom stereocenters. The van der Waals surface area contributed by atoms with Gasteiger partial charge in [-0.05, 0) is 35.9 Å². The Morgan fingerprint density at radius 1 is 0.862 bits per heavy atom. The van der Waals surface area contributed by atoms with E-state index in [1.807, 2.05) is 60.7 Å². The Labute approximate surface area is 166 Å². The number of hydrogen-bond acceptors (Lipinski definition) is 4. The van der Waals surface area contributed by atoms with Gasteiger partial charge in [0.2, 0.25) is 0 Å². The monoisotopic (exact) mass is 379 g/mol. The molecule has 0 saturated carbocycles. The average molecular weight is 379 g/mol. The summed E-state index contributed by atoms with van der Waals surface area (Å²) in [5, 5.41) is 1.87. The van der Waals surface area contributed by atoms with Crippen molar-refractivity contribution in [2.45, 2.75) is 0 Å². The molecule has 5 nitrogen and oxygen atoms in total. The third-order valence-electron chi connectivity index (χ3n) is 4.98. The van der Waals surface area contributed by atoms with E-state index in [4.69, 9.17) is 9.72 Å². The first-order valence-electron chi connectivity index (χ1n) is 9.25. The van der Waals surface area contributed by atoms with Crippen LogP contribution in [-0.4, -0.2) is 22.1 Å². The van der Waals surface area contributed by atoms with Crippen LogP contribution >= 0.6 is 0 Å². The maximum atomic E-state index is 12.2. The van der Waals surface area contributed by atoms with Crippen molar-refractivity contribution in [2.75, 3.05) is 7.11 Å². The van der Waals surface area contributed by atoms with Crippen LogP contribution in [0, 0.1) is 0 Å². The van der Waals surface area contributed by atoms with Crippen LogP contribution in [0.2, 0.25) is 0 Å². The van der Waals surface area contributed by atoms with Crippen molar-refractivity contribution in [3.05, 3.63) is 89.3 Å². The minimum absolute atomic E-state index is 0.264. The lowest BCUT2D eigenvalue weighted by Gasteiger charge is -2.12. The number of benzene rings is 2. The van der Waals surface area contributed by atoms with E-state index < -0.39 is 0 Å². The number of nitrogens with one attached hydrogen (secondary N) is 1. The van der Waals surface area contributed by atoms with Gasteiger partial charge in [0.05, 0.1) is 18.3 Å². The highest BCUT2D eigenvalue weighted by Gasteiger charge is 2.14. The summed E-state index contributed by atoms with van der Waals surface area (Å²) in [6, 6.07) is 23.9. The van der Waals surface area contributed by atoms with Crippen LogP contribution in [0.3, 0.4) is 0 Å². The molecule has 1 N–H and O–H groups in total. The first kappa shape index (κ1) is 17.1. The Hall–Kier alpha value is -3.99. The number of methoxy groups -OCH3 is 1. The number of nitrogens with zero attached hydrogens (tertiary/aromatic N) is 2. The molecule has 2 aromatic carbocycles. The molecule has 5 rings (SSSR count). The van der Waals surface area contributed by atoms with Crippen LogP contribution < -0.4 is 10.3 Å². The number of fused-ring (bicyclic) bond motifs is 2. The highest BCUT2D eigenvalue weighted by Crippen LogP contribution is 2.34. The highest BCUT2D eigenvalue weighted by atomic mass is 16.5. The Kier molecular flexibility index (Phi) is 4.06. The van der Waals surface area contributed by atoms with Gasteiger partial charge in [-0.1, -0.05) is 42.5 Å². The molecule has 5 aromatic rings. The zero-order chi connectivity index (χ0) is 19.8. The first-order valence-corrected chi connectivity index (χ1v) is 9.25. The molecule has 0 saturated heterocycles. The quantitative estimate of drug-likeness (QED) is 0.488. The van der Waals surface area contributed by atoms with Crippen molar-refractivity contribution >= 4 is 21.9 Å². The molecule has 0 bridgehead atoms. The van der Waals surface area contributed by atoms with Crippen LogP contribution in [0.25, 0.3) is 44.3 Å². The van der Waals surface area contributed by atoms with Gasteiger partial charge >= 0.3 is 0 Å². The Morgan fingerprint density at radius 2 is 1.72 bits per heavy atom. The zero-order valence-corrected chi connectivity index (χ0v) is 15.7. The second-order valence-corrected chi connectivity index (χ2v) is 6.77. The zero-order valence-electron chi connectivity index (χ0n) is 15.7. The molecule has 29 heavy (non-hydrogen) atoms. The SMILES string of the molecule is COc1cc2cc(-c3ccc4ncccc4c3)c(-c3ccccc3)nc2[nH]c1=O. The molecule has 0 aliphatic carbocycles. The number of rotatable bonds is 3. The molecule has 0 amide bonds. The number of H-pyrrole nitrogens is 1. The summed E-state index contributed by atoms with van der Waals surface area (Å²) in [5.74, 6) is 0.264. The van der Waals surface area contributed by atoms with Gasteiger partial charge in [0.1, 0.15) is 5.65 Å². The second-order valence-electron chi connectivity index (χ2n) is 6.77. The summed E-state index contributed by atoms with van der Waals surface area (Å²) in [4.78, 5) is 24.2. The number of pyridine rings is 3. The lowest BCUT2D eigenvalue weighted by Crippen LogP contribution is -2.09. The molecule has 0 radical (unpaired) electrons. The summed E-state index contributed by atoms with van der Waals surface area (Å²) in [7, 11) is 1.49. The topological polar surface area (TPSA) is 67.9 Å². The number of aromatic nitrogens is 3. The highest BCUT2D eigenvalue weighted by molar-refractivity contribution is 5.93. The molecule has 0 spiro atoms. The van der Waals surface area contributed by atoms with Crippen molar-refractivity contribution in [1.82, 2.24) is 15.0 Å². The van der Waals surface area contributed by atoms with Gasteiger partial charge < -0.3 is 9.72 Å². The molecule has 3 aromatic heterocycles. The van der Waals surface area contributed by atoms with Gasteiger partial charge in [0.25, 0.3) is 5.56 Å². The van der Waals surface area contributed by atoms with E-state index in [0.717, 1.165) is 38.7 Å². The third kappa shape index (κ3) is 3.02. The molecule has 140 valence electrons. The van der Waals surface area contributed by atoms with E-state index in [1.165, 1.54) is 7.11 Å². The predicted molar refractivity (Wildman–Crippen MR) is 115 cm³/mol. The number of aromatic amines is 1. The van der Waals surface area contributed by atoms with E-state index in [-0.39, 0.29) is 11.3 Å². The maximum Gasteiger partial charge on any atom is 0.291 e. The molecule has 5 heteroatoms. The van der Waals surface area contributed by atoms with E-state index in [9.17, 15) is 4.79 Å². The van der Waals surface area contributed by atoms with Crippen molar-refractivity contribution in [1.29, 1.82) is 0 Å². The summed E-state index contributed by atoms with van der Waals surface area (Å²) in [5.41, 5.74) is 4.97. The summed E-state index contributed by atoms with van der Waals surface area (Å²) in [6.45, 7) is 0. The molecule has 3 heterocycles. The smallest absolute Gasteiger partial charge is 0.291 e. The predicted octanol–water partition coefficient (Wildman–Crippen LogP) is 4.81. The number of hydrogen-bond donors (Lipinski definition) is 1. The Balaban J connectivity index is 1.83. The van der Waals surface area contributed by atoms with Crippen molar-refractivity contribution in [2.24, 2.45) is 0 Å². The van der Waals surface area contributed by atoms with Gasteiger partial charge in [0.15, 0.2) is 5.75 Å². The first-order chi connectivity index (χ1) is 14.2. The van der Waals surface area contributed by atoms with Gasteiger partial charge in [-0.15, -0.1) is 0 Å². The Bertz CT molecular complexity index is 1410. The summed E-state index contributed by atoms with van der Waals surface area (Å²) < 4.78 is 5.19. The van der Waals surface area contributed by atoms with Crippen molar-refractivity contribution in [3.8, 4) is 28.1 Å². The molecule has 0 atom stereocenters. The van der Waals surface area contributed by atoms with Crippen molar-refractivity contribution < 1.29 is 4.74 Å². The Morgan fingerprint density at radius 3 is 2.55 bits per heavy atom.